The third-order valence-corrected chi connectivity index (χ3v) is 2.51. The molecular formula is C13H13NO4. The van der Waals surface area contributed by atoms with Crippen LogP contribution in [0.25, 0.3) is 11.1 Å². The van der Waals surface area contributed by atoms with E-state index < -0.39 is 11.3 Å². The molecule has 94 valence electrons. The minimum Gasteiger partial charge on any atom is -0.490 e. The lowest BCUT2D eigenvalue weighted by Crippen LogP contribution is -2.21. The van der Waals surface area contributed by atoms with Crippen LogP contribution < -0.4 is 15.9 Å². The van der Waals surface area contributed by atoms with Gasteiger partial charge in [-0.2, -0.15) is 0 Å². The first-order valence-corrected chi connectivity index (χ1v) is 5.60. The zero-order valence-corrected chi connectivity index (χ0v) is 9.93. The molecule has 0 unspecified atom stereocenters. The van der Waals surface area contributed by atoms with E-state index in [1.807, 2.05) is 6.92 Å². The Morgan fingerprint density at radius 3 is 2.83 bits per heavy atom. The Morgan fingerprint density at radius 2 is 2.17 bits per heavy atom. The summed E-state index contributed by atoms with van der Waals surface area (Å²) in [6, 6.07) is 2.76. The SMILES string of the molecule is CCCOc1cocc2cc(C(N)=O)c(=O)cc1-2. The van der Waals surface area contributed by atoms with E-state index in [4.69, 9.17) is 14.9 Å². The van der Waals surface area contributed by atoms with Crippen molar-refractivity contribution < 1.29 is 13.9 Å². The number of carbonyl (C=O) groups is 1. The summed E-state index contributed by atoms with van der Waals surface area (Å²) in [5.41, 5.74) is 5.88. The zero-order chi connectivity index (χ0) is 13.1. The minimum absolute atomic E-state index is 0.0506. The predicted octanol–water partition coefficient (Wildman–Crippen LogP) is 1.63. The van der Waals surface area contributed by atoms with Gasteiger partial charge in [-0.15, -0.1) is 0 Å². The van der Waals surface area contributed by atoms with Crippen molar-refractivity contribution in [2.75, 3.05) is 6.61 Å². The highest BCUT2D eigenvalue weighted by Gasteiger charge is 2.15. The zero-order valence-electron chi connectivity index (χ0n) is 9.93. The molecule has 0 radical (unpaired) electrons. The minimum atomic E-state index is -0.748. The Balaban J connectivity index is 2.57. The van der Waals surface area contributed by atoms with Crippen LogP contribution in [0.5, 0.6) is 5.75 Å². The summed E-state index contributed by atoms with van der Waals surface area (Å²) in [6.45, 7) is 2.51. The van der Waals surface area contributed by atoms with Gasteiger partial charge in [0.15, 0.2) is 11.2 Å². The molecule has 0 aromatic rings. The van der Waals surface area contributed by atoms with Crippen LogP contribution in [0.15, 0.2) is 33.9 Å². The van der Waals surface area contributed by atoms with E-state index >= 15 is 0 Å². The number of amides is 1. The number of benzene rings is 1. The van der Waals surface area contributed by atoms with E-state index in [0.717, 1.165) is 6.42 Å². The van der Waals surface area contributed by atoms with Gasteiger partial charge in [0, 0.05) is 11.1 Å². The molecule has 0 fully saturated rings. The number of ether oxygens (including phenoxy) is 1. The molecule has 0 saturated carbocycles. The Kier molecular flexibility index (Phi) is 3.32. The fraction of sp³-hybridized carbons (Fsp3) is 0.231. The lowest BCUT2D eigenvalue weighted by Gasteiger charge is -2.11. The van der Waals surface area contributed by atoms with Crippen molar-refractivity contribution in [3.8, 4) is 16.9 Å². The van der Waals surface area contributed by atoms with Gasteiger partial charge in [-0.3, -0.25) is 9.59 Å². The van der Waals surface area contributed by atoms with Gasteiger partial charge in [-0.1, -0.05) is 6.92 Å². The standard InChI is InChI=1S/C13H13NO4/c1-2-3-18-12-7-17-6-8-4-10(13(14)16)11(15)5-9(8)12/h4-7H,2-3H2,1H3,(H2,14,16). The first kappa shape index (κ1) is 12.2. The van der Waals surface area contributed by atoms with Crippen molar-refractivity contribution >= 4 is 5.91 Å². The summed E-state index contributed by atoms with van der Waals surface area (Å²) in [6.07, 6.45) is 3.72. The van der Waals surface area contributed by atoms with E-state index in [0.29, 0.717) is 23.5 Å². The molecule has 2 N–H and O–H groups in total. The molecule has 0 aromatic heterocycles. The first-order valence-electron chi connectivity index (χ1n) is 5.60. The van der Waals surface area contributed by atoms with Crippen molar-refractivity contribution in [3.05, 3.63) is 40.4 Å². The van der Waals surface area contributed by atoms with Crippen LogP contribution in [0.2, 0.25) is 0 Å². The van der Waals surface area contributed by atoms with Crippen molar-refractivity contribution in [1.29, 1.82) is 0 Å². The lowest BCUT2D eigenvalue weighted by atomic mass is 10.0. The largest absolute Gasteiger partial charge is 0.490 e. The van der Waals surface area contributed by atoms with Crippen LogP contribution in [-0.4, -0.2) is 12.5 Å². The molecule has 0 bridgehead atoms. The van der Waals surface area contributed by atoms with E-state index in [9.17, 15) is 9.59 Å². The van der Waals surface area contributed by atoms with Gasteiger partial charge in [-0.25, -0.2) is 0 Å². The first-order chi connectivity index (χ1) is 8.63. The number of nitrogens with two attached hydrogens (primary N) is 1. The molecule has 5 nitrogen and oxygen atoms in total. The summed E-state index contributed by atoms with van der Waals surface area (Å²) in [5.74, 6) is -0.260. The fourth-order valence-electron chi connectivity index (χ4n) is 1.66. The molecule has 0 aromatic carbocycles. The highest BCUT2D eigenvalue weighted by molar-refractivity contribution is 5.94. The molecule has 1 aliphatic carbocycles. The Bertz CT molecular complexity index is 603. The summed E-state index contributed by atoms with van der Waals surface area (Å²) < 4.78 is 10.6. The summed E-state index contributed by atoms with van der Waals surface area (Å²) in [5, 5.41) is 0. The van der Waals surface area contributed by atoms with Gasteiger partial charge in [0.05, 0.1) is 18.4 Å². The molecule has 0 saturated heterocycles. The molecule has 1 heterocycles. The topological polar surface area (TPSA) is 82.5 Å². The van der Waals surface area contributed by atoms with Crippen molar-refractivity contribution in [1.82, 2.24) is 0 Å². The van der Waals surface area contributed by atoms with Gasteiger partial charge in [0.1, 0.15) is 6.26 Å². The van der Waals surface area contributed by atoms with Crippen LogP contribution in [0.4, 0.5) is 0 Å². The number of fused-ring (bicyclic) bond motifs is 1. The molecule has 2 rings (SSSR count). The van der Waals surface area contributed by atoms with Crippen LogP contribution in [-0.2, 0) is 0 Å². The van der Waals surface area contributed by atoms with Crippen molar-refractivity contribution in [3.63, 3.8) is 0 Å². The van der Waals surface area contributed by atoms with Gasteiger partial charge in [-0.05, 0) is 18.6 Å². The number of carbonyl (C=O) groups excluding carboxylic acids is 1. The molecule has 2 aliphatic rings. The highest BCUT2D eigenvalue weighted by atomic mass is 16.5. The quantitative estimate of drug-likeness (QED) is 0.890. The van der Waals surface area contributed by atoms with Gasteiger partial charge < -0.3 is 14.9 Å². The maximum absolute atomic E-state index is 11.7. The van der Waals surface area contributed by atoms with Crippen LogP contribution in [0.3, 0.4) is 0 Å². The smallest absolute Gasteiger partial charge is 0.252 e. The third-order valence-electron chi connectivity index (χ3n) is 2.51. The normalized spacial score (nSPS) is 10.5. The second-order valence-corrected chi connectivity index (χ2v) is 3.88. The average Bonchev–Trinajstić information content (AvgIpc) is 2.35. The average molecular weight is 247 g/mol. The predicted molar refractivity (Wildman–Crippen MR) is 65.9 cm³/mol. The van der Waals surface area contributed by atoms with Gasteiger partial charge >= 0.3 is 0 Å². The maximum Gasteiger partial charge on any atom is 0.252 e. The second kappa shape index (κ2) is 4.91. The summed E-state index contributed by atoms with van der Waals surface area (Å²) in [7, 11) is 0. The van der Waals surface area contributed by atoms with E-state index in [2.05, 4.69) is 0 Å². The molecule has 1 amide bonds. The summed E-state index contributed by atoms with van der Waals surface area (Å²) in [4.78, 5) is 22.8. The molecule has 5 heteroatoms. The van der Waals surface area contributed by atoms with Crippen molar-refractivity contribution in [2.24, 2.45) is 5.73 Å². The van der Waals surface area contributed by atoms with Crippen LogP contribution >= 0.6 is 0 Å². The molecule has 18 heavy (non-hydrogen) atoms. The number of primary amides is 1. The van der Waals surface area contributed by atoms with Crippen LogP contribution in [0, 0.1) is 0 Å². The molecule has 0 spiro atoms. The Morgan fingerprint density at radius 1 is 1.39 bits per heavy atom. The maximum atomic E-state index is 11.7. The number of rotatable bonds is 4. The number of hydrogen-bond acceptors (Lipinski definition) is 4. The van der Waals surface area contributed by atoms with E-state index in [1.54, 1.807) is 0 Å². The third kappa shape index (κ3) is 2.20. The van der Waals surface area contributed by atoms with Crippen LogP contribution in [0.1, 0.15) is 23.7 Å². The monoisotopic (exact) mass is 247 g/mol. The fourth-order valence-corrected chi connectivity index (χ4v) is 1.66. The lowest BCUT2D eigenvalue weighted by molar-refractivity contribution is 0.0999. The van der Waals surface area contributed by atoms with E-state index in [1.165, 1.54) is 24.7 Å². The summed E-state index contributed by atoms with van der Waals surface area (Å²) >= 11 is 0. The van der Waals surface area contributed by atoms with Crippen molar-refractivity contribution in [2.45, 2.75) is 13.3 Å². The van der Waals surface area contributed by atoms with Gasteiger partial charge in [0.25, 0.3) is 5.91 Å². The Hall–Kier alpha value is -2.30. The Labute approximate surface area is 104 Å². The molecule has 1 aliphatic heterocycles. The van der Waals surface area contributed by atoms with Gasteiger partial charge in [0.2, 0.25) is 0 Å². The highest BCUT2D eigenvalue weighted by Crippen LogP contribution is 2.31. The van der Waals surface area contributed by atoms with E-state index in [-0.39, 0.29) is 5.56 Å². The second-order valence-electron chi connectivity index (χ2n) is 3.88. The number of hydrogen-bond donors (Lipinski definition) is 1. The molecule has 0 atom stereocenters. The molecular weight excluding hydrogens is 234 g/mol.